The molecular weight excluding hydrogens is 386 g/mol. The Morgan fingerprint density at radius 2 is 2.10 bits per heavy atom. The van der Waals surface area contributed by atoms with Crippen LogP contribution in [0.4, 0.5) is 22.9 Å². The van der Waals surface area contributed by atoms with E-state index in [0.29, 0.717) is 29.1 Å². The molecule has 0 fully saturated rings. The number of aromatic nitrogens is 4. The fourth-order valence-corrected chi connectivity index (χ4v) is 2.67. The molecule has 2 aromatic heterocycles. The lowest BCUT2D eigenvalue weighted by atomic mass is 10.1. The maximum absolute atomic E-state index is 11.1. The van der Waals surface area contributed by atoms with Crippen LogP contribution < -0.4 is 11.1 Å². The molecule has 0 radical (unpaired) electrons. The molecule has 30 heavy (non-hydrogen) atoms. The van der Waals surface area contributed by atoms with Gasteiger partial charge in [0.25, 0.3) is 5.69 Å². The summed E-state index contributed by atoms with van der Waals surface area (Å²) in [7, 11) is 0. The lowest BCUT2D eigenvalue weighted by Gasteiger charge is -2.12. The van der Waals surface area contributed by atoms with Crippen molar-refractivity contribution in [1.29, 1.82) is 0 Å². The van der Waals surface area contributed by atoms with Crippen LogP contribution in [0.25, 0.3) is 11.2 Å². The van der Waals surface area contributed by atoms with Crippen molar-refractivity contribution in [3.8, 4) is 11.8 Å². The Hall–Kier alpha value is -3.71. The third-order valence-electron chi connectivity index (χ3n) is 4.52. The normalized spacial score (nSPS) is 13.0. The highest BCUT2D eigenvalue weighted by atomic mass is 16.6. The van der Waals surface area contributed by atoms with Crippen molar-refractivity contribution in [3.63, 3.8) is 0 Å². The highest BCUT2D eigenvalue weighted by molar-refractivity contribution is 5.86. The van der Waals surface area contributed by atoms with Gasteiger partial charge in [0.15, 0.2) is 17.0 Å². The summed E-state index contributed by atoms with van der Waals surface area (Å²) >= 11 is 0. The van der Waals surface area contributed by atoms with Gasteiger partial charge in [-0.2, -0.15) is 0 Å². The van der Waals surface area contributed by atoms with Gasteiger partial charge in [-0.3, -0.25) is 10.1 Å². The molecule has 3 aromatic rings. The van der Waals surface area contributed by atoms with E-state index in [4.69, 9.17) is 5.73 Å². The fourth-order valence-electron chi connectivity index (χ4n) is 2.67. The van der Waals surface area contributed by atoms with Gasteiger partial charge in [-0.05, 0) is 39.2 Å². The Morgan fingerprint density at radius 3 is 2.73 bits per heavy atom. The number of fused-ring (bicyclic) bond motifs is 1. The van der Waals surface area contributed by atoms with Gasteiger partial charge in [-0.1, -0.05) is 12.8 Å². The van der Waals surface area contributed by atoms with E-state index in [0.717, 1.165) is 0 Å². The minimum Gasteiger partial charge on any atom is -0.398 e. The van der Waals surface area contributed by atoms with E-state index in [9.17, 15) is 15.2 Å². The molecule has 0 aliphatic rings. The van der Waals surface area contributed by atoms with E-state index >= 15 is 0 Å². The second kappa shape index (κ2) is 7.96. The number of anilines is 3. The quantitative estimate of drug-likeness (QED) is 0.252. The zero-order valence-electron chi connectivity index (χ0n) is 17.2. The van der Waals surface area contributed by atoms with Gasteiger partial charge >= 0.3 is 0 Å². The average Bonchev–Trinajstić information content (AvgIpc) is 3.10. The van der Waals surface area contributed by atoms with Gasteiger partial charge in [0.1, 0.15) is 5.60 Å². The number of nitrogens with two attached hydrogens (primary N) is 1. The highest BCUT2D eigenvalue weighted by Gasteiger charge is 2.17. The summed E-state index contributed by atoms with van der Waals surface area (Å²) in [4.78, 5) is 23.9. The Balaban J connectivity index is 2.15. The molecule has 0 saturated heterocycles. The number of aliphatic hydroxyl groups is 1. The summed E-state index contributed by atoms with van der Waals surface area (Å²) in [5.74, 6) is 6.11. The van der Waals surface area contributed by atoms with Crippen LogP contribution in [-0.4, -0.2) is 35.1 Å². The van der Waals surface area contributed by atoms with Crippen LogP contribution in [0.1, 0.15) is 46.0 Å². The van der Waals surface area contributed by atoms with Gasteiger partial charge in [-0.25, -0.2) is 15.0 Å². The predicted molar refractivity (Wildman–Crippen MR) is 114 cm³/mol. The van der Waals surface area contributed by atoms with Crippen LogP contribution in [0.2, 0.25) is 0 Å². The molecule has 0 spiro atoms. The highest BCUT2D eigenvalue weighted by Crippen LogP contribution is 2.28. The molecule has 156 valence electrons. The Kier molecular flexibility index (Phi) is 5.58. The third-order valence-corrected chi connectivity index (χ3v) is 4.52. The zero-order valence-corrected chi connectivity index (χ0v) is 17.2. The lowest BCUT2D eigenvalue weighted by molar-refractivity contribution is -0.384. The second-order valence-electron chi connectivity index (χ2n) is 7.39. The monoisotopic (exact) mass is 409 g/mol. The SMILES string of the molecule is CCC(C)(O)C#Cc1nc(Nc2cc(N)cc([N+](=O)[O-])c2)c2ncn(C(C)C)c2n1. The number of rotatable bonds is 5. The zero-order chi connectivity index (χ0) is 22.1. The van der Waals surface area contributed by atoms with Crippen molar-refractivity contribution < 1.29 is 10.0 Å². The fraction of sp³-hybridized carbons (Fsp3) is 0.350. The summed E-state index contributed by atoms with van der Waals surface area (Å²) in [5, 5.41) is 24.4. The molecule has 2 heterocycles. The first-order chi connectivity index (χ1) is 14.1. The number of non-ortho nitro benzene ring substituents is 1. The first-order valence-electron chi connectivity index (χ1n) is 9.41. The first-order valence-corrected chi connectivity index (χ1v) is 9.41. The average molecular weight is 409 g/mol. The van der Waals surface area contributed by atoms with Crippen molar-refractivity contribution >= 4 is 34.0 Å². The van der Waals surface area contributed by atoms with Crippen molar-refractivity contribution in [2.75, 3.05) is 11.1 Å². The number of hydrogen-bond donors (Lipinski definition) is 3. The molecular formula is C20H23N7O3. The number of nitro benzene ring substituents is 1. The van der Waals surface area contributed by atoms with Crippen LogP contribution in [0.3, 0.4) is 0 Å². The molecule has 4 N–H and O–H groups in total. The lowest BCUT2D eigenvalue weighted by Crippen LogP contribution is -2.19. The van der Waals surface area contributed by atoms with Crippen LogP contribution >= 0.6 is 0 Å². The van der Waals surface area contributed by atoms with Crippen LogP contribution in [0.15, 0.2) is 24.5 Å². The van der Waals surface area contributed by atoms with Crippen molar-refractivity contribution in [1.82, 2.24) is 19.5 Å². The smallest absolute Gasteiger partial charge is 0.273 e. The predicted octanol–water partition coefficient (Wildman–Crippen LogP) is 3.15. The number of imidazole rings is 1. The molecule has 3 rings (SSSR count). The summed E-state index contributed by atoms with van der Waals surface area (Å²) in [6.45, 7) is 7.42. The number of benzene rings is 1. The molecule has 1 atom stereocenters. The summed E-state index contributed by atoms with van der Waals surface area (Å²) < 4.78 is 1.87. The Bertz CT molecular complexity index is 1170. The minimum absolute atomic E-state index is 0.0887. The van der Waals surface area contributed by atoms with Crippen molar-refractivity contribution in [3.05, 3.63) is 40.5 Å². The topological polar surface area (TPSA) is 145 Å². The molecule has 10 nitrogen and oxygen atoms in total. The van der Waals surface area contributed by atoms with Gasteiger partial charge in [0.05, 0.1) is 11.3 Å². The van der Waals surface area contributed by atoms with E-state index < -0.39 is 10.5 Å². The summed E-state index contributed by atoms with van der Waals surface area (Å²) in [6, 6.07) is 4.29. The minimum atomic E-state index is -1.17. The molecule has 0 bridgehead atoms. The number of nitrogen functional groups attached to an aromatic ring is 1. The second-order valence-corrected chi connectivity index (χ2v) is 7.39. The molecule has 1 unspecified atom stereocenters. The summed E-state index contributed by atoms with van der Waals surface area (Å²) in [5.41, 5.74) is 6.16. The van der Waals surface area contributed by atoms with Crippen LogP contribution in [0, 0.1) is 22.0 Å². The number of nitrogens with one attached hydrogen (secondary N) is 1. The van der Waals surface area contributed by atoms with Gasteiger partial charge in [-0.15, -0.1) is 0 Å². The van der Waals surface area contributed by atoms with Crippen LogP contribution in [-0.2, 0) is 0 Å². The first kappa shape index (κ1) is 21.0. The molecule has 10 heteroatoms. The van der Waals surface area contributed by atoms with E-state index in [1.165, 1.54) is 12.1 Å². The molecule has 1 aromatic carbocycles. The molecule has 0 amide bonds. The van der Waals surface area contributed by atoms with Gasteiger partial charge < -0.3 is 20.7 Å². The third kappa shape index (κ3) is 4.47. The largest absolute Gasteiger partial charge is 0.398 e. The van der Waals surface area contributed by atoms with E-state index in [1.807, 2.05) is 25.3 Å². The van der Waals surface area contributed by atoms with E-state index in [-0.39, 0.29) is 23.2 Å². The molecule has 0 aliphatic carbocycles. The van der Waals surface area contributed by atoms with Gasteiger partial charge in [0.2, 0.25) is 5.82 Å². The van der Waals surface area contributed by atoms with Crippen molar-refractivity contribution in [2.24, 2.45) is 0 Å². The maximum atomic E-state index is 11.1. The van der Waals surface area contributed by atoms with E-state index in [2.05, 4.69) is 32.1 Å². The number of nitro groups is 1. The molecule has 0 aliphatic heterocycles. The Morgan fingerprint density at radius 1 is 1.37 bits per heavy atom. The maximum Gasteiger partial charge on any atom is 0.273 e. The number of hydrogen-bond acceptors (Lipinski definition) is 8. The van der Waals surface area contributed by atoms with Crippen molar-refractivity contribution in [2.45, 2.75) is 45.8 Å². The molecule has 0 saturated carbocycles. The van der Waals surface area contributed by atoms with Gasteiger partial charge in [0, 0.05) is 29.5 Å². The van der Waals surface area contributed by atoms with E-state index in [1.54, 1.807) is 19.3 Å². The standard InChI is InChI=1S/C20H23N7O3/c1-5-20(4,28)7-6-16-24-18(17-19(25-16)26(11-22-17)12(2)3)23-14-8-13(21)9-15(10-14)27(29)30/h8-12,28H,5,21H2,1-4H3,(H,23,24,25). The summed E-state index contributed by atoms with van der Waals surface area (Å²) in [6.07, 6.45) is 2.10. The Labute approximate surface area is 173 Å². The van der Waals surface area contributed by atoms with Crippen LogP contribution in [0.5, 0.6) is 0 Å². The number of nitrogens with zero attached hydrogens (tertiary/aromatic N) is 5.